The van der Waals surface area contributed by atoms with Gasteiger partial charge in [0.2, 0.25) is 0 Å². The number of benzene rings is 1. The highest BCUT2D eigenvalue weighted by atomic mass is 16.5. The van der Waals surface area contributed by atoms with E-state index in [4.69, 9.17) is 15.6 Å². The number of anilines is 1. The molecule has 1 aromatic carbocycles. The summed E-state index contributed by atoms with van der Waals surface area (Å²) in [6, 6.07) is 4.94. The van der Waals surface area contributed by atoms with Gasteiger partial charge in [-0.2, -0.15) is 0 Å². The highest BCUT2D eigenvalue weighted by Gasteiger charge is 2.12. The molecule has 1 unspecified atom stereocenters. The molecule has 0 bridgehead atoms. The lowest BCUT2D eigenvalue weighted by Gasteiger charge is -2.10. The van der Waals surface area contributed by atoms with Crippen molar-refractivity contribution >= 4 is 11.6 Å². The van der Waals surface area contributed by atoms with Crippen LogP contribution in [0.3, 0.4) is 0 Å². The zero-order valence-electron chi connectivity index (χ0n) is 10.8. The summed E-state index contributed by atoms with van der Waals surface area (Å²) in [5.41, 5.74) is 6.59. The molecule has 5 nitrogen and oxygen atoms in total. The first-order chi connectivity index (χ1) is 8.54. The molecule has 0 saturated carbocycles. The smallest absolute Gasteiger partial charge is 0.255 e. The zero-order valence-corrected chi connectivity index (χ0v) is 10.8. The lowest BCUT2D eigenvalue weighted by molar-refractivity contribution is 0.0946. The standard InChI is InChI=1S/C13H20N2O3/c1-9(16)4-3-7-15-13(17)11-8-10(14)5-6-12(11)18-2/h5-6,8-9,16H,3-4,7,14H2,1-2H3,(H,15,17). The zero-order chi connectivity index (χ0) is 13.5. The molecular weight excluding hydrogens is 232 g/mol. The molecule has 18 heavy (non-hydrogen) atoms. The van der Waals surface area contributed by atoms with Gasteiger partial charge in [0, 0.05) is 12.2 Å². The van der Waals surface area contributed by atoms with Crippen molar-refractivity contribution in [2.75, 3.05) is 19.4 Å². The topological polar surface area (TPSA) is 84.6 Å². The van der Waals surface area contributed by atoms with Gasteiger partial charge >= 0.3 is 0 Å². The lowest BCUT2D eigenvalue weighted by atomic mass is 10.1. The number of carbonyl (C=O) groups is 1. The minimum Gasteiger partial charge on any atom is -0.496 e. The Kier molecular flexibility index (Phi) is 5.45. The third-order valence-corrected chi connectivity index (χ3v) is 2.55. The second-order valence-corrected chi connectivity index (χ2v) is 4.21. The number of hydrogen-bond acceptors (Lipinski definition) is 4. The van der Waals surface area contributed by atoms with Crippen molar-refractivity contribution in [1.29, 1.82) is 0 Å². The number of aliphatic hydroxyl groups excluding tert-OH is 1. The van der Waals surface area contributed by atoms with Crippen LogP contribution in [0.15, 0.2) is 18.2 Å². The molecule has 0 aliphatic carbocycles. The Hall–Kier alpha value is -1.75. The third kappa shape index (κ3) is 4.25. The van der Waals surface area contributed by atoms with Crippen molar-refractivity contribution in [3.05, 3.63) is 23.8 Å². The highest BCUT2D eigenvalue weighted by molar-refractivity contribution is 5.97. The summed E-state index contributed by atoms with van der Waals surface area (Å²) in [5, 5.41) is 11.9. The van der Waals surface area contributed by atoms with Gasteiger partial charge in [0.15, 0.2) is 0 Å². The molecule has 0 aliphatic rings. The van der Waals surface area contributed by atoms with E-state index in [1.807, 2.05) is 0 Å². The van der Waals surface area contributed by atoms with Crippen LogP contribution < -0.4 is 15.8 Å². The molecule has 4 N–H and O–H groups in total. The Balaban J connectivity index is 2.58. The van der Waals surface area contributed by atoms with Crippen LogP contribution in [-0.2, 0) is 0 Å². The molecule has 5 heteroatoms. The molecular formula is C13H20N2O3. The van der Waals surface area contributed by atoms with Gasteiger partial charge in [-0.3, -0.25) is 4.79 Å². The molecule has 1 aromatic rings. The molecule has 0 fully saturated rings. The van der Waals surface area contributed by atoms with E-state index in [1.54, 1.807) is 25.1 Å². The monoisotopic (exact) mass is 252 g/mol. The van der Waals surface area contributed by atoms with E-state index in [9.17, 15) is 4.79 Å². The van der Waals surface area contributed by atoms with Crippen molar-refractivity contribution in [2.45, 2.75) is 25.9 Å². The first-order valence-corrected chi connectivity index (χ1v) is 5.94. The van der Waals surface area contributed by atoms with Crippen molar-refractivity contribution in [1.82, 2.24) is 5.32 Å². The van der Waals surface area contributed by atoms with Crippen LogP contribution in [0.25, 0.3) is 0 Å². The average molecular weight is 252 g/mol. The van der Waals surface area contributed by atoms with Crippen molar-refractivity contribution in [3.63, 3.8) is 0 Å². The predicted octanol–water partition coefficient (Wildman–Crippen LogP) is 1.17. The Morgan fingerprint density at radius 1 is 1.56 bits per heavy atom. The van der Waals surface area contributed by atoms with Crippen LogP contribution in [0.2, 0.25) is 0 Å². The van der Waals surface area contributed by atoms with E-state index < -0.39 is 0 Å². The minimum atomic E-state index is -0.344. The Bertz CT molecular complexity index is 405. The molecule has 0 aromatic heterocycles. The van der Waals surface area contributed by atoms with E-state index in [2.05, 4.69) is 5.32 Å². The summed E-state index contributed by atoms with van der Waals surface area (Å²) in [6.07, 6.45) is 1.05. The van der Waals surface area contributed by atoms with Crippen LogP contribution in [0.1, 0.15) is 30.1 Å². The lowest BCUT2D eigenvalue weighted by Crippen LogP contribution is -2.25. The normalized spacial score (nSPS) is 11.9. The average Bonchev–Trinajstić information content (AvgIpc) is 2.34. The molecule has 0 radical (unpaired) electrons. The number of rotatable bonds is 6. The SMILES string of the molecule is COc1ccc(N)cc1C(=O)NCCCC(C)O. The molecule has 0 saturated heterocycles. The summed E-state index contributed by atoms with van der Waals surface area (Å²) in [5.74, 6) is 0.280. The van der Waals surface area contributed by atoms with Gasteiger partial charge in [0.1, 0.15) is 5.75 Å². The van der Waals surface area contributed by atoms with E-state index in [-0.39, 0.29) is 12.0 Å². The number of nitrogens with one attached hydrogen (secondary N) is 1. The van der Waals surface area contributed by atoms with E-state index in [1.165, 1.54) is 7.11 Å². The van der Waals surface area contributed by atoms with E-state index >= 15 is 0 Å². The van der Waals surface area contributed by atoms with Crippen LogP contribution in [-0.4, -0.2) is 30.8 Å². The van der Waals surface area contributed by atoms with Crippen molar-refractivity contribution < 1.29 is 14.6 Å². The third-order valence-electron chi connectivity index (χ3n) is 2.55. The van der Waals surface area contributed by atoms with Crippen LogP contribution in [0.5, 0.6) is 5.75 Å². The number of nitrogen functional groups attached to an aromatic ring is 1. The van der Waals surface area contributed by atoms with Gasteiger partial charge in [0.05, 0.1) is 18.8 Å². The Labute approximate surface area is 107 Å². The van der Waals surface area contributed by atoms with Gasteiger partial charge in [-0.25, -0.2) is 0 Å². The van der Waals surface area contributed by atoms with E-state index in [0.717, 1.165) is 6.42 Å². The Morgan fingerprint density at radius 3 is 2.89 bits per heavy atom. The molecule has 0 heterocycles. The van der Waals surface area contributed by atoms with Gasteiger partial charge < -0.3 is 20.9 Å². The van der Waals surface area contributed by atoms with Crippen molar-refractivity contribution in [3.8, 4) is 5.75 Å². The number of ether oxygens (including phenoxy) is 1. The number of nitrogens with two attached hydrogens (primary N) is 1. The molecule has 1 amide bonds. The maximum Gasteiger partial charge on any atom is 0.255 e. The molecule has 100 valence electrons. The van der Waals surface area contributed by atoms with Gasteiger partial charge in [0.25, 0.3) is 5.91 Å². The summed E-state index contributed by atoms with van der Waals surface area (Å²) in [7, 11) is 1.51. The maximum absolute atomic E-state index is 11.9. The second kappa shape index (κ2) is 6.86. The van der Waals surface area contributed by atoms with Gasteiger partial charge in [-0.1, -0.05) is 0 Å². The fraction of sp³-hybridized carbons (Fsp3) is 0.462. The first-order valence-electron chi connectivity index (χ1n) is 5.94. The maximum atomic E-state index is 11.9. The summed E-state index contributed by atoms with van der Waals surface area (Å²) < 4.78 is 5.11. The summed E-state index contributed by atoms with van der Waals surface area (Å²) in [4.78, 5) is 11.9. The Morgan fingerprint density at radius 2 is 2.28 bits per heavy atom. The summed E-state index contributed by atoms with van der Waals surface area (Å²) >= 11 is 0. The van der Waals surface area contributed by atoms with Crippen molar-refractivity contribution in [2.24, 2.45) is 0 Å². The highest BCUT2D eigenvalue weighted by Crippen LogP contribution is 2.20. The fourth-order valence-electron chi connectivity index (χ4n) is 1.60. The molecule has 1 atom stereocenters. The quantitative estimate of drug-likeness (QED) is 0.524. The van der Waals surface area contributed by atoms with E-state index in [0.29, 0.717) is 30.0 Å². The fourth-order valence-corrected chi connectivity index (χ4v) is 1.60. The molecule has 1 rings (SSSR count). The van der Waals surface area contributed by atoms with Crippen LogP contribution >= 0.6 is 0 Å². The minimum absolute atomic E-state index is 0.218. The molecule has 0 spiro atoms. The number of hydrogen-bond donors (Lipinski definition) is 3. The first kappa shape index (κ1) is 14.3. The largest absolute Gasteiger partial charge is 0.496 e. The van der Waals surface area contributed by atoms with Gasteiger partial charge in [-0.15, -0.1) is 0 Å². The second-order valence-electron chi connectivity index (χ2n) is 4.21. The number of aliphatic hydroxyl groups is 1. The number of methoxy groups -OCH3 is 1. The van der Waals surface area contributed by atoms with Crippen LogP contribution in [0.4, 0.5) is 5.69 Å². The molecule has 0 aliphatic heterocycles. The predicted molar refractivity (Wildman–Crippen MR) is 70.7 cm³/mol. The summed E-state index contributed by atoms with van der Waals surface area (Å²) in [6.45, 7) is 2.24. The van der Waals surface area contributed by atoms with Crippen LogP contribution in [0, 0.1) is 0 Å². The number of carbonyl (C=O) groups excluding carboxylic acids is 1. The number of amides is 1. The van der Waals surface area contributed by atoms with Gasteiger partial charge in [-0.05, 0) is 38.0 Å².